The van der Waals surface area contributed by atoms with Crippen molar-refractivity contribution >= 4 is 56.5 Å². The van der Waals surface area contributed by atoms with Crippen LogP contribution in [-0.2, 0) is 14.8 Å². The van der Waals surface area contributed by atoms with Gasteiger partial charge in [-0.25, -0.2) is 28.7 Å². The number of para-hydroxylation sites is 4. The SMILES string of the molecule is C1=Cc2nc1c(-c1cnn(-c3ccccc3)c1)c1ccc([n-]1)c(-c1cnn(-c3ccccc3)c1)c1nc(c(-c3cnn(-c4ccccc4)c3)c3ccc([n-]3)c2-c2cnn(-c3ccccc3)c2)C=C1.[Cl][Co+2]. The Morgan fingerprint density at radius 1 is 0.314 bits per heavy atom. The van der Waals surface area contributed by atoms with Gasteiger partial charge in [-0.15, -0.1) is 22.1 Å². The van der Waals surface area contributed by atoms with E-state index in [9.17, 15) is 0 Å². The average Bonchev–Trinajstić information content (AvgIpc) is 4.26. The van der Waals surface area contributed by atoms with Crippen molar-refractivity contribution in [2.75, 3.05) is 0 Å². The monoisotopic (exact) mass is 970 g/mol. The van der Waals surface area contributed by atoms with Crippen molar-refractivity contribution in [3.05, 3.63) is 218 Å². The van der Waals surface area contributed by atoms with Crippen molar-refractivity contribution in [2.45, 2.75) is 0 Å². The number of halogens is 1. The van der Waals surface area contributed by atoms with E-state index in [0.717, 1.165) is 112 Å². The molecule has 0 spiro atoms. The van der Waals surface area contributed by atoms with Crippen molar-refractivity contribution in [1.29, 1.82) is 0 Å². The summed E-state index contributed by atoms with van der Waals surface area (Å²) in [5.74, 6) is 0. The molecule has 0 aliphatic carbocycles. The van der Waals surface area contributed by atoms with E-state index in [-0.39, 0.29) is 0 Å². The first-order valence-electron chi connectivity index (χ1n) is 22.3. The van der Waals surface area contributed by atoms with Crippen LogP contribution in [0.5, 0.6) is 0 Å². The molecule has 9 heterocycles. The third-order valence-electron chi connectivity index (χ3n) is 12.2. The molecule has 4 aromatic carbocycles. The molecule has 336 valence electrons. The van der Waals surface area contributed by atoms with Gasteiger partial charge in [0.05, 0.1) is 70.3 Å². The molecular weight excluding hydrogens is 935 g/mol. The molecular formula is C56H36ClCoN12. The Hall–Kier alpha value is -8.88. The second kappa shape index (κ2) is 18.3. The summed E-state index contributed by atoms with van der Waals surface area (Å²) in [5, 5.41) is 19.3. The molecule has 0 radical (unpaired) electrons. The summed E-state index contributed by atoms with van der Waals surface area (Å²) in [5.41, 5.74) is 16.4. The number of rotatable bonds is 8. The van der Waals surface area contributed by atoms with E-state index < -0.39 is 0 Å². The van der Waals surface area contributed by atoms with Gasteiger partial charge in [-0.05, 0) is 95.1 Å². The first-order chi connectivity index (χ1) is 34.7. The fraction of sp³-hybridized carbons (Fsp3) is 0. The van der Waals surface area contributed by atoms with Crippen molar-refractivity contribution in [3.8, 4) is 67.3 Å². The molecule has 11 aromatic rings. The Kier molecular flexibility index (Phi) is 11.1. The van der Waals surface area contributed by atoms with Crippen LogP contribution in [0.1, 0.15) is 22.8 Å². The Labute approximate surface area is 413 Å². The molecule has 0 unspecified atom stereocenters. The number of hydrogen-bond donors (Lipinski definition) is 0. The van der Waals surface area contributed by atoms with E-state index in [2.05, 4.69) is 73.6 Å². The molecule has 7 aromatic heterocycles. The number of fused-ring (bicyclic) bond motifs is 8. The van der Waals surface area contributed by atoms with Gasteiger partial charge >= 0.3 is 25.0 Å². The van der Waals surface area contributed by atoms with E-state index >= 15 is 0 Å². The predicted molar refractivity (Wildman–Crippen MR) is 273 cm³/mol. The Bertz CT molecular complexity index is 3410. The summed E-state index contributed by atoms with van der Waals surface area (Å²) in [6, 6.07) is 48.5. The molecule has 0 N–H and O–H groups in total. The zero-order valence-electron chi connectivity index (χ0n) is 36.9. The van der Waals surface area contributed by atoms with Crippen LogP contribution in [0.2, 0.25) is 0 Å². The van der Waals surface area contributed by atoms with Crippen LogP contribution in [0.25, 0.3) is 114 Å². The van der Waals surface area contributed by atoms with Gasteiger partial charge in [0.15, 0.2) is 0 Å². The second-order valence-electron chi connectivity index (χ2n) is 16.4. The summed E-state index contributed by atoms with van der Waals surface area (Å²) in [7, 11) is 4.33. The number of aromatic nitrogens is 12. The van der Waals surface area contributed by atoms with E-state index in [1.807, 2.05) is 190 Å². The maximum atomic E-state index is 5.45. The summed E-state index contributed by atoms with van der Waals surface area (Å²) < 4.78 is 7.51. The molecule has 0 saturated carbocycles. The van der Waals surface area contributed by atoms with Crippen LogP contribution in [0.4, 0.5) is 0 Å². The average molecular weight is 971 g/mol. The molecule has 0 amide bonds. The summed E-state index contributed by atoms with van der Waals surface area (Å²) in [4.78, 5) is 21.8. The molecule has 0 atom stereocenters. The summed E-state index contributed by atoms with van der Waals surface area (Å²) in [6.45, 7) is 0. The topological polar surface area (TPSA) is 125 Å². The van der Waals surface area contributed by atoms with Crippen LogP contribution >= 0.6 is 10.1 Å². The number of benzene rings is 4. The van der Waals surface area contributed by atoms with Gasteiger partial charge in [0.25, 0.3) is 0 Å². The van der Waals surface area contributed by atoms with Gasteiger partial charge in [-0.3, -0.25) is 0 Å². The zero-order valence-corrected chi connectivity index (χ0v) is 38.7. The third-order valence-corrected chi connectivity index (χ3v) is 12.2. The van der Waals surface area contributed by atoms with Crippen LogP contribution in [0.3, 0.4) is 0 Å². The van der Waals surface area contributed by atoms with Gasteiger partial charge in [0.2, 0.25) is 0 Å². The van der Waals surface area contributed by atoms with Crippen molar-refractivity contribution in [2.24, 2.45) is 0 Å². The molecule has 12 nitrogen and oxygen atoms in total. The first-order valence-corrected chi connectivity index (χ1v) is 23.7. The minimum absolute atomic E-state index is 0.733. The molecule has 0 saturated heterocycles. The van der Waals surface area contributed by atoms with Crippen molar-refractivity contribution in [3.63, 3.8) is 0 Å². The molecule has 70 heavy (non-hydrogen) atoms. The van der Waals surface area contributed by atoms with E-state index in [1.165, 1.54) is 0 Å². The van der Waals surface area contributed by atoms with Gasteiger partial charge in [0.1, 0.15) is 0 Å². The van der Waals surface area contributed by atoms with Crippen molar-refractivity contribution < 1.29 is 14.8 Å². The summed E-state index contributed by atoms with van der Waals surface area (Å²) >= 11 is 3.03. The predicted octanol–water partition coefficient (Wildman–Crippen LogP) is 12.0. The van der Waals surface area contributed by atoms with Crippen molar-refractivity contribution in [1.82, 2.24) is 59.1 Å². The molecule has 2 aliphatic heterocycles. The normalized spacial score (nSPS) is 11.7. The quantitative estimate of drug-likeness (QED) is 0.147. The van der Waals surface area contributed by atoms with Gasteiger partial charge in [-0.2, -0.15) is 20.4 Å². The molecule has 13 rings (SSSR count). The summed E-state index contributed by atoms with van der Waals surface area (Å²) in [6.07, 6.45) is 23.8. The zero-order chi connectivity index (χ0) is 47.0. The number of nitrogens with zero attached hydrogens (tertiary/aromatic N) is 12. The number of hydrogen-bond acceptors (Lipinski definition) is 6. The van der Waals surface area contributed by atoms with Crippen LogP contribution in [0.15, 0.2) is 195 Å². The third kappa shape index (κ3) is 7.89. The van der Waals surface area contributed by atoms with Gasteiger partial charge < -0.3 is 9.97 Å². The Morgan fingerprint density at radius 2 is 0.543 bits per heavy atom. The molecule has 8 bridgehead atoms. The fourth-order valence-electron chi connectivity index (χ4n) is 8.97. The Morgan fingerprint density at radius 3 is 0.771 bits per heavy atom. The van der Waals surface area contributed by atoms with E-state index in [4.69, 9.17) is 40.3 Å². The van der Waals surface area contributed by atoms with E-state index in [1.54, 1.807) is 0 Å². The van der Waals surface area contributed by atoms with Gasteiger partial charge in [-0.1, -0.05) is 97.1 Å². The molecule has 0 fully saturated rings. The maximum absolute atomic E-state index is 5.45. The van der Waals surface area contributed by atoms with Gasteiger partial charge in [0, 0.05) is 47.0 Å². The Balaban J connectivity index is 0.00000249. The first kappa shape index (κ1) is 42.5. The van der Waals surface area contributed by atoms with Crippen LogP contribution in [-0.4, -0.2) is 49.1 Å². The second-order valence-corrected chi connectivity index (χ2v) is 16.4. The molecule has 2 aliphatic rings. The molecule has 14 heteroatoms. The van der Waals surface area contributed by atoms with E-state index in [0.29, 0.717) is 0 Å². The van der Waals surface area contributed by atoms with Crippen LogP contribution < -0.4 is 9.97 Å². The minimum atomic E-state index is 0.733. The standard InChI is InChI=1S/C56H36N12.ClH.Co/c1-5-13-41(14-6-1)65-33-37(29-57-65)53-45-21-23-47(61-45)54(38-30-58-66(34-38)42-15-7-2-8-16-42)49-25-27-51(63-49)56(40-32-60-68(36-40)44-19-11-4-12-20-44)52-28-26-50(64-52)55(48-24-22-46(53)62-48)39-31-59-67(35-39)43-17-9-3-10-18-43;;/h1-36H;1H;/q-2;;+3/p-1. The fourth-order valence-corrected chi connectivity index (χ4v) is 8.97. The van der Waals surface area contributed by atoms with Crippen LogP contribution in [0, 0.1) is 0 Å².